The van der Waals surface area contributed by atoms with Gasteiger partial charge in [0.15, 0.2) is 5.13 Å². The summed E-state index contributed by atoms with van der Waals surface area (Å²) < 4.78 is 6.85. The molecule has 5 rings (SSSR count). The van der Waals surface area contributed by atoms with Gasteiger partial charge in [0.05, 0.1) is 16.1 Å². The van der Waals surface area contributed by atoms with Gasteiger partial charge >= 0.3 is 0 Å². The van der Waals surface area contributed by atoms with Crippen LogP contribution >= 0.6 is 11.3 Å². The van der Waals surface area contributed by atoms with Gasteiger partial charge in [-0.2, -0.15) is 0 Å². The first-order valence-electron chi connectivity index (χ1n) is 9.43. The van der Waals surface area contributed by atoms with E-state index in [-0.39, 0.29) is 11.8 Å². The van der Waals surface area contributed by atoms with Crippen LogP contribution in [0.5, 0.6) is 11.5 Å². The van der Waals surface area contributed by atoms with Gasteiger partial charge in [-0.1, -0.05) is 47.7 Å². The molecule has 3 aromatic carbocycles. The van der Waals surface area contributed by atoms with Crippen LogP contribution in [0.25, 0.3) is 10.2 Å². The second-order valence-electron chi connectivity index (χ2n) is 6.98. The van der Waals surface area contributed by atoms with Gasteiger partial charge in [-0.25, -0.2) is 4.98 Å². The molecule has 1 aromatic heterocycles. The largest absolute Gasteiger partial charge is 0.457 e. The Balaban J connectivity index is 1.48. The summed E-state index contributed by atoms with van der Waals surface area (Å²) >= 11 is 1.37. The molecule has 0 atom stereocenters. The monoisotopic (exact) mass is 415 g/mol. The Morgan fingerprint density at radius 1 is 0.933 bits per heavy atom. The Hall–Kier alpha value is -3.71. The van der Waals surface area contributed by atoms with Crippen LogP contribution in [0.15, 0.2) is 66.7 Å². The fraction of sp³-hybridized carbons (Fsp3) is 0.0870. The van der Waals surface area contributed by atoms with E-state index in [1.807, 2.05) is 60.7 Å². The highest BCUT2D eigenvalue weighted by Crippen LogP contribution is 2.44. The van der Waals surface area contributed by atoms with Crippen LogP contribution in [0.3, 0.4) is 0 Å². The number of thiazole rings is 1. The molecular formula is C23H17N3O3S. The van der Waals surface area contributed by atoms with E-state index >= 15 is 0 Å². The Bertz CT molecular complexity index is 1250. The normalized spacial score (nSPS) is 12.6. The van der Waals surface area contributed by atoms with Gasteiger partial charge in [0.25, 0.3) is 0 Å². The second-order valence-corrected chi connectivity index (χ2v) is 8.01. The van der Waals surface area contributed by atoms with Crippen molar-refractivity contribution in [1.29, 1.82) is 0 Å². The third-order valence-corrected chi connectivity index (χ3v) is 5.81. The van der Waals surface area contributed by atoms with Gasteiger partial charge in [-0.15, -0.1) is 0 Å². The maximum absolute atomic E-state index is 13.3. The summed E-state index contributed by atoms with van der Waals surface area (Å²) in [6, 6.07) is 20.6. The molecule has 0 aliphatic carbocycles. The summed E-state index contributed by atoms with van der Waals surface area (Å²) in [5.74, 6) is 0.567. The van der Waals surface area contributed by atoms with Gasteiger partial charge < -0.3 is 15.4 Å². The molecule has 0 fully saturated rings. The van der Waals surface area contributed by atoms with Gasteiger partial charge in [0, 0.05) is 23.7 Å². The Kier molecular flexibility index (Phi) is 4.44. The minimum absolute atomic E-state index is 0.135. The number of hydrogen-bond donors (Lipinski definition) is 2. The molecule has 0 unspecified atom stereocenters. The minimum atomic E-state index is -0.492. The molecule has 0 bridgehead atoms. The van der Waals surface area contributed by atoms with Crippen LogP contribution in [0.4, 0.5) is 10.8 Å². The first kappa shape index (κ1) is 18.3. The lowest BCUT2D eigenvalue weighted by Gasteiger charge is -2.27. The van der Waals surface area contributed by atoms with E-state index in [4.69, 9.17) is 4.74 Å². The van der Waals surface area contributed by atoms with E-state index in [0.29, 0.717) is 22.3 Å². The third kappa shape index (κ3) is 3.29. The van der Waals surface area contributed by atoms with E-state index in [2.05, 4.69) is 15.6 Å². The smallest absolute Gasteiger partial charge is 0.238 e. The molecule has 0 saturated heterocycles. The molecule has 7 heteroatoms. The number of nitrogens with one attached hydrogen (secondary N) is 2. The standard InChI is InChI=1S/C23H17N3O3S/c1-13(27)24-14-10-11-17-20(12-14)30-23(25-17)26-22(28)21-15-6-2-4-8-18(15)29-19-9-5-3-7-16(19)21/h2-12,21H,1H3,(H,24,27)(H,25,26,28). The third-order valence-electron chi connectivity index (χ3n) is 4.88. The first-order chi connectivity index (χ1) is 14.6. The van der Waals surface area contributed by atoms with Crippen molar-refractivity contribution in [1.82, 2.24) is 4.98 Å². The van der Waals surface area contributed by atoms with Crippen molar-refractivity contribution in [2.45, 2.75) is 12.8 Å². The topological polar surface area (TPSA) is 80.3 Å². The SMILES string of the molecule is CC(=O)Nc1ccc2nc(NC(=O)C3c4ccccc4Oc4ccccc43)sc2c1. The molecule has 6 nitrogen and oxygen atoms in total. The number of hydrogen-bond acceptors (Lipinski definition) is 5. The molecule has 1 aliphatic rings. The predicted molar refractivity (Wildman–Crippen MR) is 117 cm³/mol. The van der Waals surface area contributed by atoms with Crippen molar-refractivity contribution in [3.05, 3.63) is 77.9 Å². The number of carbonyl (C=O) groups excluding carboxylic acids is 2. The molecule has 2 amide bonds. The Morgan fingerprint density at radius 2 is 1.60 bits per heavy atom. The highest BCUT2D eigenvalue weighted by Gasteiger charge is 2.32. The highest BCUT2D eigenvalue weighted by atomic mass is 32.1. The van der Waals surface area contributed by atoms with Crippen LogP contribution in [-0.4, -0.2) is 16.8 Å². The van der Waals surface area contributed by atoms with Gasteiger partial charge in [-0.05, 0) is 30.3 Å². The summed E-state index contributed by atoms with van der Waals surface area (Å²) in [7, 11) is 0. The van der Waals surface area contributed by atoms with Crippen LogP contribution in [0, 0.1) is 0 Å². The molecule has 4 aromatic rings. The summed E-state index contributed by atoms with van der Waals surface area (Å²) in [6.45, 7) is 1.46. The molecule has 0 spiro atoms. The molecule has 0 radical (unpaired) electrons. The quantitative estimate of drug-likeness (QED) is 0.486. The van der Waals surface area contributed by atoms with Crippen molar-refractivity contribution < 1.29 is 14.3 Å². The number of fused-ring (bicyclic) bond motifs is 3. The number of anilines is 2. The van der Waals surface area contributed by atoms with E-state index in [1.54, 1.807) is 6.07 Å². The van der Waals surface area contributed by atoms with Crippen molar-refractivity contribution in [3.63, 3.8) is 0 Å². The van der Waals surface area contributed by atoms with Crippen LogP contribution in [0.1, 0.15) is 24.0 Å². The number of para-hydroxylation sites is 2. The summed E-state index contributed by atoms with van der Waals surface area (Å²) in [4.78, 5) is 29.1. The van der Waals surface area contributed by atoms with E-state index in [0.717, 1.165) is 21.3 Å². The zero-order chi connectivity index (χ0) is 20.7. The Labute approximate surface area is 176 Å². The van der Waals surface area contributed by atoms with Gasteiger partial charge in [0.1, 0.15) is 11.5 Å². The van der Waals surface area contributed by atoms with Crippen molar-refractivity contribution in [2.24, 2.45) is 0 Å². The molecule has 148 valence electrons. The van der Waals surface area contributed by atoms with Gasteiger partial charge in [0.2, 0.25) is 11.8 Å². The molecular weight excluding hydrogens is 398 g/mol. The minimum Gasteiger partial charge on any atom is -0.457 e. The maximum atomic E-state index is 13.3. The average Bonchev–Trinajstić information content (AvgIpc) is 3.12. The summed E-state index contributed by atoms with van der Waals surface area (Å²) in [6.07, 6.45) is 0. The summed E-state index contributed by atoms with van der Waals surface area (Å²) in [5.41, 5.74) is 3.10. The first-order valence-corrected chi connectivity index (χ1v) is 10.2. The summed E-state index contributed by atoms with van der Waals surface area (Å²) in [5, 5.41) is 6.24. The number of ether oxygens (including phenoxy) is 1. The second kappa shape index (κ2) is 7.27. The fourth-order valence-corrected chi connectivity index (χ4v) is 4.54. The number of carbonyl (C=O) groups is 2. The zero-order valence-corrected chi connectivity index (χ0v) is 16.8. The fourth-order valence-electron chi connectivity index (χ4n) is 3.63. The van der Waals surface area contributed by atoms with Crippen molar-refractivity contribution in [2.75, 3.05) is 10.6 Å². The lowest BCUT2D eigenvalue weighted by molar-refractivity contribution is -0.117. The van der Waals surface area contributed by atoms with Crippen LogP contribution in [0.2, 0.25) is 0 Å². The number of nitrogens with zero attached hydrogens (tertiary/aromatic N) is 1. The predicted octanol–water partition coefficient (Wildman–Crippen LogP) is 5.13. The van der Waals surface area contributed by atoms with Gasteiger partial charge in [-0.3, -0.25) is 9.59 Å². The highest BCUT2D eigenvalue weighted by molar-refractivity contribution is 7.22. The zero-order valence-electron chi connectivity index (χ0n) is 16.0. The van der Waals surface area contributed by atoms with E-state index < -0.39 is 5.92 Å². The van der Waals surface area contributed by atoms with Crippen molar-refractivity contribution in [3.8, 4) is 11.5 Å². The average molecular weight is 415 g/mol. The molecule has 1 aliphatic heterocycles. The van der Waals surface area contributed by atoms with E-state index in [9.17, 15) is 9.59 Å². The Morgan fingerprint density at radius 3 is 2.27 bits per heavy atom. The number of benzene rings is 3. The molecule has 2 N–H and O–H groups in total. The lowest BCUT2D eigenvalue weighted by atomic mass is 9.87. The number of rotatable bonds is 3. The number of aromatic nitrogens is 1. The van der Waals surface area contributed by atoms with Crippen molar-refractivity contribution >= 4 is 44.2 Å². The maximum Gasteiger partial charge on any atom is 0.238 e. The van der Waals surface area contributed by atoms with E-state index in [1.165, 1.54) is 18.3 Å². The molecule has 0 saturated carbocycles. The molecule has 2 heterocycles. The lowest BCUT2D eigenvalue weighted by Crippen LogP contribution is -2.24. The van der Waals surface area contributed by atoms with Crippen LogP contribution in [-0.2, 0) is 9.59 Å². The van der Waals surface area contributed by atoms with Crippen LogP contribution < -0.4 is 15.4 Å². The number of amides is 2. The molecule has 30 heavy (non-hydrogen) atoms.